The maximum Gasteiger partial charge on any atom is 0.173 e. The van der Waals surface area contributed by atoms with Crippen LogP contribution in [0.5, 0.6) is 5.75 Å². The van der Waals surface area contributed by atoms with Gasteiger partial charge in [0.2, 0.25) is 0 Å². The van der Waals surface area contributed by atoms with Gasteiger partial charge in [-0.25, -0.2) is 4.99 Å². The first-order chi connectivity index (χ1) is 25.0. The van der Waals surface area contributed by atoms with E-state index in [2.05, 4.69) is 67.2 Å². The number of aromatic nitrogens is 1. The first-order valence-electron chi connectivity index (χ1n) is 18.3. The maximum atomic E-state index is 5.88. The van der Waals surface area contributed by atoms with Crippen LogP contribution in [0.2, 0.25) is 0 Å². The van der Waals surface area contributed by atoms with Gasteiger partial charge in [0.05, 0.1) is 65.7 Å². The molecule has 0 spiro atoms. The molecule has 1 aromatic carbocycles. The zero-order valence-electron chi connectivity index (χ0n) is 31.3. The molecule has 1 fully saturated rings. The van der Waals surface area contributed by atoms with E-state index in [1.165, 1.54) is 5.56 Å². The first kappa shape index (κ1) is 41.9. The molecule has 0 unspecified atom stereocenters. The minimum absolute atomic E-state index is 0.316. The van der Waals surface area contributed by atoms with Gasteiger partial charge in [-0.1, -0.05) is 31.9 Å². The molecule has 1 aliphatic heterocycles. The van der Waals surface area contributed by atoms with Crippen molar-refractivity contribution in [1.29, 1.82) is 0 Å². The molecule has 0 aliphatic carbocycles. The Hall–Kier alpha value is -3.50. The van der Waals surface area contributed by atoms with Crippen LogP contribution < -0.4 is 32.2 Å². The number of nitrogens with two attached hydrogens (primary N) is 2. The molecule has 14 nitrogen and oxygen atoms in total. The van der Waals surface area contributed by atoms with Gasteiger partial charge in [0.25, 0.3) is 0 Å². The molecular weight excluding hydrogens is 648 g/mol. The fourth-order valence-corrected chi connectivity index (χ4v) is 5.81. The van der Waals surface area contributed by atoms with E-state index >= 15 is 0 Å². The summed E-state index contributed by atoms with van der Waals surface area (Å²) < 4.78 is 25.0. The lowest BCUT2D eigenvalue weighted by Crippen LogP contribution is -2.46. The second-order valence-electron chi connectivity index (χ2n) is 12.5. The molecule has 0 atom stereocenters. The summed E-state index contributed by atoms with van der Waals surface area (Å²) in [4.78, 5) is 14.0. The normalized spacial score (nSPS) is 14.6. The Bertz CT molecular complexity index is 1310. The molecule has 2 heterocycles. The number of hydrogen-bond acceptors (Lipinski definition) is 12. The molecule has 2 aromatic rings. The summed E-state index contributed by atoms with van der Waals surface area (Å²) in [5, 5.41) is 9.37. The van der Waals surface area contributed by atoms with E-state index in [4.69, 9.17) is 35.4 Å². The molecule has 0 radical (unpaired) electrons. The van der Waals surface area contributed by atoms with Crippen molar-refractivity contribution < 1.29 is 18.9 Å². The van der Waals surface area contributed by atoms with E-state index in [-0.39, 0.29) is 0 Å². The highest BCUT2D eigenvalue weighted by molar-refractivity contribution is 6.04. The first-order valence-corrected chi connectivity index (χ1v) is 18.3. The number of methoxy groups -OCH3 is 1. The van der Waals surface area contributed by atoms with Crippen molar-refractivity contribution in [1.82, 2.24) is 25.0 Å². The molecule has 286 valence electrons. The summed E-state index contributed by atoms with van der Waals surface area (Å²) in [5.74, 6) is 1.49. The van der Waals surface area contributed by atoms with Crippen molar-refractivity contribution in [3.8, 4) is 5.75 Å². The van der Waals surface area contributed by atoms with E-state index in [0.717, 1.165) is 93.5 Å². The van der Waals surface area contributed by atoms with E-state index in [9.17, 15) is 0 Å². The van der Waals surface area contributed by atoms with Gasteiger partial charge in [-0.2, -0.15) is 0 Å². The number of unbranched alkanes of at least 4 members (excludes halogenated alkanes) is 2. The minimum atomic E-state index is 0.316. The standard InChI is InChI=1S/C37H64N10O4/c1-5-6-7-11-43-37(41-3)36-34(44-30-38)10-13-47(36)29-32-9-8-31(25-35(32)48-4)28-46-16-14-45(15-17-46)18-20-50-22-24-51-23-21-49-19-12-42-27-33(39)26-40-2/h8-10,13,25,27,40,42,44H,3,5-7,11-12,14-24,26,28-30,38-39H2,1-2,4H3/b33-27-,43-37?. The van der Waals surface area contributed by atoms with Crippen molar-refractivity contribution in [2.24, 2.45) is 21.5 Å². The van der Waals surface area contributed by atoms with Crippen LogP contribution in [0.15, 0.2) is 52.3 Å². The zero-order valence-corrected chi connectivity index (χ0v) is 31.3. The van der Waals surface area contributed by atoms with Crippen molar-refractivity contribution in [3.05, 3.63) is 59.2 Å². The summed E-state index contributed by atoms with van der Waals surface area (Å²) in [7, 11) is 3.60. The van der Waals surface area contributed by atoms with Gasteiger partial charge in [-0.05, 0) is 37.9 Å². The number of piperazine rings is 1. The van der Waals surface area contributed by atoms with Gasteiger partial charge in [0.15, 0.2) is 5.84 Å². The molecule has 1 aliphatic rings. The van der Waals surface area contributed by atoms with Crippen LogP contribution in [0.4, 0.5) is 5.69 Å². The fraction of sp³-hybridized carbons (Fsp3) is 0.622. The SMILES string of the molecule is C=NC(=NCCCCC)c1c(NCN)ccn1Cc1ccc(CN2CCN(CCOCCOCCOCCN/C=C(\N)CNC)CC2)cc1OC. The summed E-state index contributed by atoms with van der Waals surface area (Å²) >= 11 is 0. The molecule has 0 bridgehead atoms. The molecule has 14 heteroatoms. The third kappa shape index (κ3) is 15.7. The van der Waals surface area contributed by atoms with E-state index in [1.54, 1.807) is 13.3 Å². The number of rotatable bonds is 27. The smallest absolute Gasteiger partial charge is 0.173 e. The predicted octanol–water partition coefficient (Wildman–Crippen LogP) is 2.29. The number of benzene rings is 1. The Labute approximate surface area is 305 Å². The monoisotopic (exact) mass is 713 g/mol. The van der Waals surface area contributed by atoms with Crippen molar-refractivity contribution in [3.63, 3.8) is 0 Å². The largest absolute Gasteiger partial charge is 0.496 e. The zero-order chi connectivity index (χ0) is 36.5. The predicted molar refractivity (Wildman–Crippen MR) is 208 cm³/mol. The van der Waals surface area contributed by atoms with Crippen LogP contribution in [0.1, 0.15) is 43.0 Å². The summed E-state index contributed by atoms with van der Waals surface area (Å²) in [6.45, 7) is 18.5. The number of nitrogens with zero attached hydrogens (tertiary/aromatic N) is 5. The van der Waals surface area contributed by atoms with Crippen LogP contribution in [0.3, 0.4) is 0 Å². The van der Waals surface area contributed by atoms with Crippen LogP contribution in [-0.2, 0) is 27.3 Å². The molecule has 3 rings (SSSR count). The number of nitrogens with one attached hydrogen (secondary N) is 3. The Morgan fingerprint density at radius 2 is 1.69 bits per heavy atom. The summed E-state index contributed by atoms with van der Waals surface area (Å²) in [6.07, 6.45) is 7.14. The third-order valence-electron chi connectivity index (χ3n) is 8.56. The van der Waals surface area contributed by atoms with Crippen LogP contribution in [0, 0.1) is 0 Å². The van der Waals surface area contributed by atoms with Gasteiger partial charge >= 0.3 is 0 Å². The highest BCUT2D eigenvalue weighted by Crippen LogP contribution is 2.26. The lowest BCUT2D eigenvalue weighted by Gasteiger charge is -2.34. The molecule has 0 amide bonds. The van der Waals surface area contributed by atoms with Crippen molar-refractivity contribution in [2.45, 2.75) is 39.3 Å². The van der Waals surface area contributed by atoms with Gasteiger partial charge in [0.1, 0.15) is 11.4 Å². The highest BCUT2D eigenvalue weighted by Gasteiger charge is 2.19. The topological polar surface area (TPSA) is 161 Å². The Morgan fingerprint density at radius 1 is 0.961 bits per heavy atom. The number of anilines is 1. The summed E-state index contributed by atoms with van der Waals surface area (Å²) in [6, 6.07) is 8.55. The molecule has 1 aromatic heterocycles. The van der Waals surface area contributed by atoms with Crippen LogP contribution >= 0.6 is 0 Å². The number of amidine groups is 1. The Balaban J connectivity index is 1.36. The summed E-state index contributed by atoms with van der Waals surface area (Å²) in [5.41, 5.74) is 16.5. The molecule has 7 N–H and O–H groups in total. The average Bonchev–Trinajstić information content (AvgIpc) is 3.53. The average molecular weight is 713 g/mol. The Kier molecular flexibility index (Phi) is 20.9. The lowest BCUT2D eigenvalue weighted by atomic mass is 10.1. The van der Waals surface area contributed by atoms with E-state index in [1.807, 2.05) is 19.3 Å². The number of likely N-dealkylation sites (N-methyl/N-ethyl adjacent to an activating group) is 1. The van der Waals surface area contributed by atoms with E-state index < -0.39 is 0 Å². The number of hydrogen-bond donors (Lipinski definition) is 5. The molecule has 51 heavy (non-hydrogen) atoms. The van der Waals surface area contributed by atoms with Crippen LogP contribution in [0.25, 0.3) is 0 Å². The maximum absolute atomic E-state index is 5.88. The second kappa shape index (κ2) is 25.5. The quantitative estimate of drug-likeness (QED) is 0.0400. The Morgan fingerprint density at radius 3 is 2.37 bits per heavy atom. The van der Waals surface area contributed by atoms with Crippen LogP contribution in [-0.4, -0.2) is 140 Å². The van der Waals surface area contributed by atoms with E-state index in [0.29, 0.717) is 71.8 Å². The van der Waals surface area contributed by atoms with Gasteiger partial charge in [0, 0.05) is 82.6 Å². The lowest BCUT2D eigenvalue weighted by molar-refractivity contribution is 0.00844. The molecule has 0 saturated carbocycles. The van der Waals surface area contributed by atoms with Gasteiger partial charge in [-0.3, -0.25) is 14.8 Å². The third-order valence-corrected chi connectivity index (χ3v) is 8.56. The fourth-order valence-electron chi connectivity index (χ4n) is 5.81. The molecule has 1 saturated heterocycles. The number of aliphatic imine (C=N–C) groups is 2. The minimum Gasteiger partial charge on any atom is -0.496 e. The second-order valence-corrected chi connectivity index (χ2v) is 12.5. The molecular formula is C37H64N10O4. The van der Waals surface area contributed by atoms with Crippen molar-refractivity contribution in [2.75, 3.05) is 118 Å². The van der Waals surface area contributed by atoms with Gasteiger partial charge in [-0.15, -0.1) is 0 Å². The highest BCUT2D eigenvalue weighted by atomic mass is 16.5. The number of ether oxygens (including phenoxy) is 4. The van der Waals surface area contributed by atoms with Gasteiger partial charge < -0.3 is 50.9 Å². The van der Waals surface area contributed by atoms with Crippen molar-refractivity contribution >= 4 is 18.2 Å².